The Morgan fingerprint density at radius 2 is 2.21 bits per heavy atom. The molecule has 6 nitrogen and oxygen atoms in total. The van der Waals surface area contributed by atoms with E-state index in [1.807, 2.05) is 6.92 Å². The van der Waals surface area contributed by atoms with Gasteiger partial charge >= 0.3 is 6.01 Å². The van der Waals surface area contributed by atoms with Gasteiger partial charge in [0.1, 0.15) is 0 Å². The van der Waals surface area contributed by atoms with Gasteiger partial charge in [0.2, 0.25) is 5.89 Å². The van der Waals surface area contributed by atoms with Crippen LogP contribution in [0.15, 0.2) is 9.80 Å². The maximum Gasteiger partial charge on any atom is 0.315 e. The minimum atomic E-state index is 0.399. The monoisotopic (exact) mass is 281 g/mol. The summed E-state index contributed by atoms with van der Waals surface area (Å²) < 4.78 is 5.46. The minimum absolute atomic E-state index is 0.399. The van der Waals surface area contributed by atoms with E-state index in [4.69, 9.17) is 4.42 Å². The van der Waals surface area contributed by atoms with Gasteiger partial charge in [-0.3, -0.25) is 0 Å². The third kappa shape index (κ3) is 4.60. The average Bonchev–Trinajstić information content (AvgIpc) is 2.96. The predicted molar refractivity (Wildman–Crippen MR) is 75.3 cm³/mol. The van der Waals surface area contributed by atoms with E-state index in [1.54, 1.807) is 11.3 Å². The smallest absolute Gasteiger partial charge is 0.315 e. The van der Waals surface area contributed by atoms with Crippen LogP contribution in [-0.2, 0) is 13.0 Å². The lowest BCUT2D eigenvalue weighted by atomic mass is 10.3. The zero-order chi connectivity index (χ0) is 13.7. The van der Waals surface area contributed by atoms with Crippen molar-refractivity contribution in [3.8, 4) is 0 Å². The molecule has 0 fully saturated rings. The molecule has 0 radical (unpaired) electrons. The number of nitrogens with zero attached hydrogens (tertiary/aromatic N) is 3. The zero-order valence-corrected chi connectivity index (χ0v) is 12.3. The molecule has 19 heavy (non-hydrogen) atoms. The molecule has 2 N–H and O–H groups in total. The number of nitrogens with one attached hydrogen (secondary N) is 2. The van der Waals surface area contributed by atoms with Gasteiger partial charge in [-0.1, -0.05) is 18.9 Å². The number of aromatic nitrogens is 3. The number of thiazole rings is 1. The molecule has 0 amide bonds. The second-order valence-corrected chi connectivity index (χ2v) is 5.63. The normalized spacial score (nSPS) is 11.2. The maximum atomic E-state index is 5.46. The Morgan fingerprint density at radius 1 is 1.37 bits per heavy atom. The number of aryl methyl sites for hydroxylation is 1. The van der Waals surface area contributed by atoms with E-state index < -0.39 is 0 Å². The number of anilines is 1. The van der Waals surface area contributed by atoms with Crippen molar-refractivity contribution in [1.29, 1.82) is 0 Å². The average molecular weight is 281 g/mol. The largest absolute Gasteiger partial charge is 0.407 e. The van der Waals surface area contributed by atoms with Crippen LogP contribution in [0.25, 0.3) is 0 Å². The minimum Gasteiger partial charge on any atom is -0.407 e. The van der Waals surface area contributed by atoms with E-state index >= 15 is 0 Å². The molecule has 0 unspecified atom stereocenters. The Balaban J connectivity index is 1.74. The summed E-state index contributed by atoms with van der Waals surface area (Å²) in [6, 6.07) is 0.865. The molecule has 2 aromatic rings. The van der Waals surface area contributed by atoms with Crippen LogP contribution in [0.5, 0.6) is 0 Å². The van der Waals surface area contributed by atoms with E-state index in [0.29, 0.717) is 24.5 Å². The van der Waals surface area contributed by atoms with Gasteiger partial charge in [-0.25, -0.2) is 4.98 Å². The van der Waals surface area contributed by atoms with Crippen LogP contribution in [0, 0.1) is 6.92 Å². The van der Waals surface area contributed by atoms with Crippen molar-refractivity contribution in [3.05, 3.63) is 22.0 Å². The van der Waals surface area contributed by atoms with Gasteiger partial charge < -0.3 is 15.1 Å². The zero-order valence-electron chi connectivity index (χ0n) is 11.4. The Kier molecular flexibility index (Phi) is 4.86. The summed E-state index contributed by atoms with van der Waals surface area (Å²) in [5, 5.41) is 17.4. The highest BCUT2D eigenvalue weighted by molar-refractivity contribution is 7.09. The maximum absolute atomic E-state index is 5.46. The molecule has 0 saturated carbocycles. The molecule has 0 bridgehead atoms. The van der Waals surface area contributed by atoms with Crippen LogP contribution in [0.2, 0.25) is 0 Å². The highest BCUT2D eigenvalue weighted by Crippen LogP contribution is 2.09. The van der Waals surface area contributed by atoms with Gasteiger partial charge in [-0.05, 0) is 6.92 Å². The Hall–Kier alpha value is -1.47. The molecule has 2 rings (SSSR count). The van der Waals surface area contributed by atoms with Crippen LogP contribution >= 0.6 is 11.3 Å². The summed E-state index contributed by atoms with van der Waals surface area (Å²) in [5.74, 6) is 0.598. The van der Waals surface area contributed by atoms with Gasteiger partial charge in [0.05, 0.1) is 17.2 Å². The lowest BCUT2D eigenvalue weighted by Gasteiger charge is -2.03. The SMILES string of the molecule is Cc1nc(CCNc2nnc(CNC(C)C)o2)cs1. The summed E-state index contributed by atoms with van der Waals surface area (Å²) in [6.45, 7) is 7.49. The Labute approximate surface area is 116 Å². The first kappa shape index (κ1) is 14.0. The Bertz CT molecular complexity index is 508. The van der Waals surface area contributed by atoms with Gasteiger partial charge in [0, 0.05) is 24.4 Å². The van der Waals surface area contributed by atoms with E-state index in [1.165, 1.54) is 0 Å². The second kappa shape index (κ2) is 6.63. The van der Waals surface area contributed by atoms with Gasteiger partial charge in [-0.15, -0.1) is 16.4 Å². The molecule has 2 aromatic heterocycles. The fourth-order valence-corrected chi connectivity index (χ4v) is 2.16. The van der Waals surface area contributed by atoms with E-state index in [9.17, 15) is 0 Å². The number of hydrogen-bond acceptors (Lipinski definition) is 7. The third-order valence-electron chi connectivity index (χ3n) is 2.45. The van der Waals surface area contributed by atoms with Crippen molar-refractivity contribution in [2.45, 2.75) is 39.8 Å². The quantitative estimate of drug-likeness (QED) is 0.808. The number of hydrogen-bond donors (Lipinski definition) is 2. The number of rotatable bonds is 7. The van der Waals surface area contributed by atoms with Gasteiger partial charge in [0.25, 0.3) is 0 Å². The van der Waals surface area contributed by atoms with Crippen LogP contribution in [0.3, 0.4) is 0 Å². The lowest BCUT2D eigenvalue weighted by molar-refractivity contribution is 0.458. The van der Waals surface area contributed by atoms with Crippen LogP contribution in [0.4, 0.5) is 6.01 Å². The molecular weight excluding hydrogens is 262 g/mol. The summed E-state index contributed by atoms with van der Waals surface area (Å²) in [5.41, 5.74) is 1.09. The van der Waals surface area contributed by atoms with E-state index in [-0.39, 0.29) is 0 Å². The van der Waals surface area contributed by atoms with Crippen molar-refractivity contribution in [1.82, 2.24) is 20.5 Å². The lowest BCUT2D eigenvalue weighted by Crippen LogP contribution is -2.21. The van der Waals surface area contributed by atoms with Gasteiger partial charge in [-0.2, -0.15) is 0 Å². The molecule has 0 saturated heterocycles. The molecule has 0 aromatic carbocycles. The standard InChI is InChI=1S/C12H19N5OS/c1-8(2)14-6-11-16-17-12(18-11)13-5-4-10-7-19-9(3)15-10/h7-8,14H,4-6H2,1-3H3,(H,13,17). The molecule has 104 valence electrons. The summed E-state index contributed by atoms with van der Waals surface area (Å²) >= 11 is 1.67. The highest BCUT2D eigenvalue weighted by atomic mass is 32.1. The molecule has 0 aliphatic rings. The Morgan fingerprint density at radius 3 is 2.89 bits per heavy atom. The third-order valence-corrected chi connectivity index (χ3v) is 3.27. The molecule has 0 aliphatic carbocycles. The van der Waals surface area contributed by atoms with Gasteiger partial charge in [0.15, 0.2) is 0 Å². The predicted octanol–water partition coefficient (Wildman–Crippen LogP) is 1.99. The van der Waals surface area contributed by atoms with Crippen LogP contribution in [0.1, 0.15) is 30.4 Å². The first-order valence-corrected chi connectivity index (χ1v) is 7.22. The molecular formula is C12H19N5OS. The molecule has 2 heterocycles. The summed E-state index contributed by atoms with van der Waals surface area (Å²) in [4.78, 5) is 4.40. The van der Waals surface area contributed by atoms with Crippen molar-refractivity contribution >= 4 is 17.4 Å². The second-order valence-electron chi connectivity index (χ2n) is 4.57. The van der Waals surface area contributed by atoms with E-state index in [2.05, 4.69) is 45.0 Å². The van der Waals surface area contributed by atoms with Crippen molar-refractivity contribution in [2.75, 3.05) is 11.9 Å². The van der Waals surface area contributed by atoms with Crippen LogP contribution in [-0.4, -0.2) is 27.8 Å². The first-order valence-electron chi connectivity index (χ1n) is 6.34. The van der Waals surface area contributed by atoms with Crippen molar-refractivity contribution < 1.29 is 4.42 Å². The molecule has 0 spiro atoms. The molecule has 0 atom stereocenters. The fraction of sp³-hybridized carbons (Fsp3) is 0.583. The summed E-state index contributed by atoms with van der Waals surface area (Å²) in [7, 11) is 0. The molecule has 7 heteroatoms. The van der Waals surface area contributed by atoms with Crippen LogP contribution < -0.4 is 10.6 Å². The van der Waals surface area contributed by atoms with Crippen molar-refractivity contribution in [3.63, 3.8) is 0 Å². The van der Waals surface area contributed by atoms with Crippen molar-refractivity contribution in [2.24, 2.45) is 0 Å². The highest BCUT2D eigenvalue weighted by Gasteiger charge is 2.06. The van der Waals surface area contributed by atoms with E-state index in [0.717, 1.165) is 23.7 Å². The fourth-order valence-electron chi connectivity index (χ4n) is 1.51. The summed E-state index contributed by atoms with van der Waals surface area (Å²) in [6.07, 6.45) is 0.853. The first-order chi connectivity index (χ1) is 9.13. The topological polar surface area (TPSA) is 75.9 Å². The molecule has 0 aliphatic heterocycles.